The Morgan fingerprint density at radius 3 is 2.54 bits per heavy atom. The number of aromatic nitrogens is 4. The molecule has 0 saturated carbocycles. The maximum Gasteiger partial charge on any atom is 0.124 e. The van der Waals surface area contributed by atoms with Gasteiger partial charge in [0, 0.05) is 11.1 Å². The zero-order valence-electron chi connectivity index (χ0n) is 16.1. The highest BCUT2D eigenvalue weighted by atomic mass is 16.5. The molecule has 1 unspecified atom stereocenters. The number of imidazole rings is 2. The molecule has 2 aromatic heterocycles. The molecule has 0 amide bonds. The van der Waals surface area contributed by atoms with Gasteiger partial charge in [0.1, 0.15) is 11.5 Å². The fourth-order valence-corrected chi connectivity index (χ4v) is 3.43. The van der Waals surface area contributed by atoms with Gasteiger partial charge in [-0.3, -0.25) is 0 Å². The van der Waals surface area contributed by atoms with E-state index in [0.29, 0.717) is 0 Å². The summed E-state index contributed by atoms with van der Waals surface area (Å²) in [4.78, 5) is 12.2. The molecule has 0 saturated heterocycles. The molecule has 2 heterocycles. The van der Waals surface area contributed by atoms with E-state index in [1.807, 2.05) is 48.9 Å². The van der Waals surface area contributed by atoms with Crippen molar-refractivity contribution in [2.24, 2.45) is 0 Å². The van der Waals surface area contributed by atoms with Crippen molar-refractivity contribution in [1.82, 2.24) is 19.5 Å². The van der Waals surface area contributed by atoms with E-state index in [2.05, 4.69) is 33.6 Å². The zero-order valence-corrected chi connectivity index (χ0v) is 16.1. The lowest BCUT2D eigenvalue weighted by molar-refractivity contribution is 0.393. The van der Waals surface area contributed by atoms with Crippen LogP contribution >= 0.6 is 0 Å². The highest BCUT2D eigenvalue weighted by Crippen LogP contribution is 2.37. The Bertz CT molecular complexity index is 1060. The quantitative estimate of drug-likeness (QED) is 0.537. The van der Waals surface area contributed by atoms with Gasteiger partial charge in [-0.05, 0) is 25.1 Å². The first-order valence-electron chi connectivity index (χ1n) is 9.06. The minimum Gasteiger partial charge on any atom is -0.497 e. The highest BCUT2D eigenvalue weighted by Gasteiger charge is 2.22. The van der Waals surface area contributed by atoms with Crippen molar-refractivity contribution >= 4 is 0 Å². The molecular weight excluding hydrogens is 352 g/mol. The summed E-state index contributed by atoms with van der Waals surface area (Å²) in [6.45, 7) is 2.12. The van der Waals surface area contributed by atoms with Crippen molar-refractivity contribution in [2.45, 2.75) is 13.0 Å². The van der Waals surface area contributed by atoms with Crippen LogP contribution in [-0.2, 0) is 0 Å². The third kappa shape index (κ3) is 3.13. The molecule has 0 aliphatic rings. The predicted molar refractivity (Wildman–Crippen MR) is 109 cm³/mol. The fourth-order valence-electron chi connectivity index (χ4n) is 3.43. The molecule has 0 aliphatic heterocycles. The molecule has 0 spiro atoms. The second kappa shape index (κ2) is 7.60. The van der Waals surface area contributed by atoms with Crippen molar-refractivity contribution in [1.29, 1.82) is 0 Å². The molecule has 1 N–H and O–H groups in total. The fraction of sp³-hybridized carbons (Fsp3) is 0.182. The highest BCUT2D eigenvalue weighted by molar-refractivity contribution is 5.76. The Kier molecular flexibility index (Phi) is 4.85. The molecule has 4 rings (SSSR count). The lowest BCUT2D eigenvalue weighted by atomic mass is 10.0. The number of rotatable bonds is 6. The molecule has 0 aliphatic carbocycles. The minimum absolute atomic E-state index is 0.0340. The van der Waals surface area contributed by atoms with Crippen LogP contribution in [0.25, 0.3) is 22.6 Å². The number of H-pyrrole nitrogens is 1. The molecular formula is C22H22N4O2. The zero-order chi connectivity index (χ0) is 19.5. The molecule has 0 fully saturated rings. The number of nitrogens with zero attached hydrogens (tertiary/aromatic N) is 3. The smallest absolute Gasteiger partial charge is 0.124 e. The summed E-state index contributed by atoms with van der Waals surface area (Å²) in [5.41, 5.74) is 4.85. The number of ether oxygens (including phenoxy) is 2. The van der Waals surface area contributed by atoms with Crippen LogP contribution in [0.4, 0.5) is 0 Å². The van der Waals surface area contributed by atoms with Gasteiger partial charge in [0.15, 0.2) is 0 Å². The second-order valence-corrected chi connectivity index (χ2v) is 6.46. The Morgan fingerprint density at radius 2 is 1.86 bits per heavy atom. The monoisotopic (exact) mass is 374 g/mol. The molecule has 0 bridgehead atoms. The molecule has 6 nitrogen and oxygen atoms in total. The van der Waals surface area contributed by atoms with Crippen molar-refractivity contribution < 1.29 is 9.47 Å². The van der Waals surface area contributed by atoms with E-state index in [-0.39, 0.29) is 6.04 Å². The number of hydrogen-bond donors (Lipinski definition) is 1. The number of hydrogen-bond acceptors (Lipinski definition) is 4. The van der Waals surface area contributed by atoms with Crippen molar-refractivity contribution in [3.8, 4) is 34.1 Å². The maximum absolute atomic E-state index is 5.60. The summed E-state index contributed by atoms with van der Waals surface area (Å²) in [6.07, 6.45) is 5.36. The summed E-state index contributed by atoms with van der Waals surface area (Å²) in [5.74, 6) is 1.59. The molecule has 1 atom stereocenters. The first-order chi connectivity index (χ1) is 13.7. The number of methoxy groups -OCH3 is 2. The summed E-state index contributed by atoms with van der Waals surface area (Å²) in [6, 6.07) is 15.9. The summed E-state index contributed by atoms with van der Waals surface area (Å²) in [7, 11) is 3.34. The molecule has 4 aromatic rings. The van der Waals surface area contributed by atoms with Gasteiger partial charge in [-0.15, -0.1) is 0 Å². The van der Waals surface area contributed by atoms with Gasteiger partial charge in [-0.1, -0.05) is 30.3 Å². The average molecular weight is 374 g/mol. The Hall–Kier alpha value is -3.54. The van der Waals surface area contributed by atoms with Gasteiger partial charge in [-0.2, -0.15) is 0 Å². The van der Waals surface area contributed by atoms with Crippen LogP contribution in [0.1, 0.15) is 18.5 Å². The van der Waals surface area contributed by atoms with Crippen LogP contribution in [0.5, 0.6) is 11.5 Å². The van der Waals surface area contributed by atoms with E-state index in [9.17, 15) is 0 Å². The van der Waals surface area contributed by atoms with Crippen LogP contribution in [-0.4, -0.2) is 33.7 Å². The summed E-state index contributed by atoms with van der Waals surface area (Å²) < 4.78 is 13.2. The Labute approximate surface area is 163 Å². The van der Waals surface area contributed by atoms with E-state index >= 15 is 0 Å². The van der Waals surface area contributed by atoms with Gasteiger partial charge in [0.2, 0.25) is 0 Å². The van der Waals surface area contributed by atoms with E-state index in [4.69, 9.17) is 14.5 Å². The standard InChI is InChI=1S/C22H22N4O2/c1-15(18-11-17(27-2)9-10-20(18)28-3)26-14-25-21(16-7-5-4-6-8-16)22(26)19-12-23-13-24-19/h4-15H,1-3H3,(H,23,24). The third-order valence-electron chi connectivity index (χ3n) is 4.90. The van der Waals surface area contributed by atoms with Gasteiger partial charge in [-0.25, -0.2) is 9.97 Å². The van der Waals surface area contributed by atoms with Gasteiger partial charge in [0.05, 0.1) is 56.2 Å². The van der Waals surface area contributed by atoms with Crippen LogP contribution in [0, 0.1) is 0 Å². The molecule has 142 valence electrons. The third-order valence-corrected chi connectivity index (χ3v) is 4.90. The first-order valence-corrected chi connectivity index (χ1v) is 9.06. The second-order valence-electron chi connectivity index (χ2n) is 6.46. The molecule has 2 aromatic carbocycles. The van der Waals surface area contributed by atoms with Crippen LogP contribution in [0.3, 0.4) is 0 Å². The predicted octanol–water partition coefficient (Wildman–Crippen LogP) is 4.57. The first kappa shape index (κ1) is 17.9. The van der Waals surface area contributed by atoms with Crippen LogP contribution < -0.4 is 9.47 Å². The van der Waals surface area contributed by atoms with E-state index in [1.165, 1.54) is 0 Å². The normalized spacial score (nSPS) is 12.0. The average Bonchev–Trinajstić information content (AvgIpc) is 3.42. The maximum atomic E-state index is 5.60. The van der Waals surface area contributed by atoms with E-state index in [0.717, 1.165) is 39.7 Å². The minimum atomic E-state index is -0.0340. The number of aromatic amines is 1. The van der Waals surface area contributed by atoms with Gasteiger partial charge >= 0.3 is 0 Å². The van der Waals surface area contributed by atoms with Gasteiger partial charge in [0.25, 0.3) is 0 Å². The largest absolute Gasteiger partial charge is 0.497 e. The van der Waals surface area contributed by atoms with E-state index in [1.54, 1.807) is 20.5 Å². The topological polar surface area (TPSA) is 65.0 Å². The Balaban J connectivity index is 1.88. The summed E-state index contributed by atoms with van der Waals surface area (Å²) in [5, 5.41) is 0. The van der Waals surface area contributed by atoms with Gasteiger partial charge < -0.3 is 19.0 Å². The van der Waals surface area contributed by atoms with Crippen LogP contribution in [0.2, 0.25) is 0 Å². The molecule has 28 heavy (non-hydrogen) atoms. The number of nitrogens with one attached hydrogen (secondary N) is 1. The lowest BCUT2D eigenvalue weighted by Crippen LogP contribution is -2.09. The summed E-state index contributed by atoms with van der Waals surface area (Å²) >= 11 is 0. The van der Waals surface area contributed by atoms with E-state index < -0.39 is 0 Å². The number of benzene rings is 2. The lowest BCUT2D eigenvalue weighted by Gasteiger charge is -2.20. The van der Waals surface area contributed by atoms with Crippen molar-refractivity contribution in [3.05, 3.63) is 72.9 Å². The molecule has 0 radical (unpaired) electrons. The van der Waals surface area contributed by atoms with Crippen molar-refractivity contribution in [2.75, 3.05) is 14.2 Å². The van der Waals surface area contributed by atoms with Crippen LogP contribution in [0.15, 0.2) is 67.4 Å². The van der Waals surface area contributed by atoms with Crippen molar-refractivity contribution in [3.63, 3.8) is 0 Å². The Morgan fingerprint density at radius 1 is 1.04 bits per heavy atom. The SMILES string of the molecule is COc1ccc(OC)c(C(C)n2cnc(-c3ccccc3)c2-c2cnc[nH]2)c1. The molecule has 6 heteroatoms.